The molecule has 0 aliphatic heterocycles. The van der Waals surface area contributed by atoms with Crippen LogP contribution in [0.15, 0.2) is 29.2 Å². The number of hydrogen-bond donors (Lipinski definition) is 0. The van der Waals surface area contributed by atoms with Gasteiger partial charge in [0, 0.05) is 13.0 Å². The van der Waals surface area contributed by atoms with Gasteiger partial charge in [-0.2, -0.15) is 16.4 Å². The van der Waals surface area contributed by atoms with Crippen molar-refractivity contribution in [2.45, 2.75) is 19.9 Å². The number of thiophene rings is 1. The van der Waals surface area contributed by atoms with E-state index >= 15 is 0 Å². The number of rotatable bonds is 5. The van der Waals surface area contributed by atoms with Gasteiger partial charge in [-0.1, -0.05) is 0 Å². The number of aromatic nitrogens is 2. The van der Waals surface area contributed by atoms with Crippen LogP contribution in [0.3, 0.4) is 0 Å². The van der Waals surface area contributed by atoms with Crippen molar-refractivity contribution in [3.05, 3.63) is 34.8 Å². The van der Waals surface area contributed by atoms with E-state index < -0.39 is 0 Å². The van der Waals surface area contributed by atoms with Gasteiger partial charge in [-0.25, -0.2) is 0 Å². The molecule has 2 heterocycles. The number of nitrogens with zero attached hydrogens (tertiary/aromatic N) is 2. The molecule has 0 unspecified atom stereocenters. The van der Waals surface area contributed by atoms with Crippen LogP contribution in [0.2, 0.25) is 0 Å². The average Bonchev–Trinajstić information content (AvgIpc) is 2.88. The SMILES string of the molecule is CCn1cc(OCCc2ccsc2)cn1. The Morgan fingerprint density at radius 3 is 3.13 bits per heavy atom. The molecule has 0 atom stereocenters. The van der Waals surface area contributed by atoms with Gasteiger partial charge in [0.1, 0.15) is 0 Å². The molecular weight excluding hydrogens is 208 g/mol. The molecule has 2 aromatic rings. The van der Waals surface area contributed by atoms with Gasteiger partial charge >= 0.3 is 0 Å². The molecule has 0 spiro atoms. The molecule has 15 heavy (non-hydrogen) atoms. The summed E-state index contributed by atoms with van der Waals surface area (Å²) in [6.07, 6.45) is 4.64. The van der Waals surface area contributed by atoms with Crippen LogP contribution in [0.25, 0.3) is 0 Å². The fourth-order valence-electron chi connectivity index (χ4n) is 1.31. The summed E-state index contributed by atoms with van der Waals surface area (Å²) in [5, 5.41) is 8.38. The van der Waals surface area contributed by atoms with Crippen LogP contribution >= 0.6 is 11.3 Å². The van der Waals surface area contributed by atoms with Crippen molar-refractivity contribution in [2.24, 2.45) is 0 Å². The van der Waals surface area contributed by atoms with Crippen LogP contribution in [0.1, 0.15) is 12.5 Å². The first-order valence-corrected chi connectivity index (χ1v) is 5.99. The Hall–Kier alpha value is -1.29. The number of aryl methyl sites for hydroxylation is 1. The Kier molecular flexibility index (Phi) is 3.40. The first-order valence-electron chi connectivity index (χ1n) is 5.05. The van der Waals surface area contributed by atoms with E-state index in [1.54, 1.807) is 17.5 Å². The van der Waals surface area contributed by atoms with E-state index in [0.29, 0.717) is 6.61 Å². The van der Waals surface area contributed by atoms with Crippen molar-refractivity contribution < 1.29 is 4.74 Å². The minimum absolute atomic E-state index is 0.714. The number of hydrogen-bond acceptors (Lipinski definition) is 3. The fraction of sp³-hybridized carbons (Fsp3) is 0.364. The largest absolute Gasteiger partial charge is 0.490 e. The maximum Gasteiger partial charge on any atom is 0.157 e. The van der Waals surface area contributed by atoms with Gasteiger partial charge < -0.3 is 4.74 Å². The van der Waals surface area contributed by atoms with Gasteiger partial charge in [0.2, 0.25) is 0 Å². The summed E-state index contributed by atoms with van der Waals surface area (Å²) in [6, 6.07) is 2.13. The summed E-state index contributed by atoms with van der Waals surface area (Å²) in [7, 11) is 0. The van der Waals surface area contributed by atoms with Gasteiger partial charge in [0.15, 0.2) is 5.75 Å². The molecule has 0 amide bonds. The molecule has 0 aromatic carbocycles. The highest BCUT2D eigenvalue weighted by molar-refractivity contribution is 7.07. The lowest BCUT2D eigenvalue weighted by Crippen LogP contribution is -1.99. The van der Waals surface area contributed by atoms with Crippen molar-refractivity contribution in [1.82, 2.24) is 9.78 Å². The van der Waals surface area contributed by atoms with Crippen molar-refractivity contribution in [3.63, 3.8) is 0 Å². The molecule has 0 N–H and O–H groups in total. The summed E-state index contributed by atoms with van der Waals surface area (Å²) in [5.74, 6) is 0.854. The van der Waals surface area contributed by atoms with Crippen LogP contribution < -0.4 is 4.74 Å². The van der Waals surface area contributed by atoms with Crippen molar-refractivity contribution in [2.75, 3.05) is 6.61 Å². The Morgan fingerprint density at radius 2 is 2.47 bits per heavy atom. The second kappa shape index (κ2) is 4.98. The molecule has 0 aliphatic rings. The Balaban J connectivity index is 1.78. The van der Waals surface area contributed by atoms with Crippen molar-refractivity contribution in [3.8, 4) is 5.75 Å². The molecule has 0 fully saturated rings. The van der Waals surface area contributed by atoms with Crippen molar-refractivity contribution in [1.29, 1.82) is 0 Å². The summed E-state index contributed by atoms with van der Waals surface area (Å²) < 4.78 is 7.44. The van der Waals surface area contributed by atoms with Gasteiger partial charge in [-0.05, 0) is 29.3 Å². The smallest absolute Gasteiger partial charge is 0.157 e. The molecule has 4 heteroatoms. The highest BCUT2D eigenvalue weighted by atomic mass is 32.1. The minimum atomic E-state index is 0.714. The zero-order valence-electron chi connectivity index (χ0n) is 8.72. The third-order valence-electron chi connectivity index (χ3n) is 2.17. The molecule has 0 saturated carbocycles. The third-order valence-corrected chi connectivity index (χ3v) is 2.91. The van der Waals surface area contributed by atoms with Crippen LogP contribution in [-0.2, 0) is 13.0 Å². The minimum Gasteiger partial charge on any atom is -0.490 e. The Labute approximate surface area is 93.3 Å². The van der Waals surface area contributed by atoms with Gasteiger partial charge in [0.05, 0.1) is 19.0 Å². The Bertz CT molecular complexity index is 394. The maximum absolute atomic E-state index is 5.58. The van der Waals surface area contributed by atoms with Crippen LogP contribution in [0.5, 0.6) is 5.75 Å². The molecular formula is C11H14N2OS. The quantitative estimate of drug-likeness (QED) is 0.777. The molecule has 2 rings (SSSR count). The molecule has 0 saturated heterocycles. The Morgan fingerprint density at radius 1 is 1.53 bits per heavy atom. The lowest BCUT2D eigenvalue weighted by molar-refractivity contribution is 0.321. The first kappa shape index (κ1) is 10.2. The third kappa shape index (κ3) is 2.83. The van der Waals surface area contributed by atoms with E-state index in [9.17, 15) is 0 Å². The summed E-state index contributed by atoms with van der Waals surface area (Å²) >= 11 is 1.72. The lowest BCUT2D eigenvalue weighted by atomic mass is 10.3. The van der Waals surface area contributed by atoms with Crippen LogP contribution in [0.4, 0.5) is 0 Å². The van der Waals surface area contributed by atoms with Crippen molar-refractivity contribution >= 4 is 11.3 Å². The summed E-state index contributed by atoms with van der Waals surface area (Å²) in [5.41, 5.74) is 1.34. The molecule has 0 bridgehead atoms. The highest BCUT2D eigenvalue weighted by Crippen LogP contribution is 2.10. The summed E-state index contributed by atoms with van der Waals surface area (Å²) in [4.78, 5) is 0. The topological polar surface area (TPSA) is 27.1 Å². The number of ether oxygens (including phenoxy) is 1. The van der Waals surface area contributed by atoms with E-state index in [2.05, 4.69) is 28.8 Å². The van der Waals surface area contributed by atoms with Gasteiger partial charge in [-0.3, -0.25) is 4.68 Å². The maximum atomic E-state index is 5.58. The monoisotopic (exact) mass is 222 g/mol. The van der Waals surface area contributed by atoms with E-state index in [-0.39, 0.29) is 0 Å². The predicted molar refractivity (Wildman–Crippen MR) is 61.4 cm³/mol. The first-order chi connectivity index (χ1) is 7.38. The normalized spacial score (nSPS) is 10.5. The van der Waals surface area contributed by atoms with Crippen LogP contribution in [0, 0.1) is 0 Å². The zero-order valence-corrected chi connectivity index (χ0v) is 9.54. The highest BCUT2D eigenvalue weighted by Gasteiger charge is 1.98. The lowest BCUT2D eigenvalue weighted by Gasteiger charge is -2.01. The zero-order chi connectivity index (χ0) is 10.5. The molecule has 0 aliphatic carbocycles. The standard InChI is InChI=1S/C11H14N2OS/c1-2-13-8-11(7-12-13)14-5-3-10-4-6-15-9-10/h4,6-9H,2-3,5H2,1H3. The van der Waals surface area contributed by atoms with Crippen LogP contribution in [-0.4, -0.2) is 16.4 Å². The average molecular weight is 222 g/mol. The second-order valence-electron chi connectivity index (χ2n) is 3.26. The molecule has 3 nitrogen and oxygen atoms in total. The van der Waals surface area contributed by atoms with E-state index in [1.807, 2.05) is 10.9 Å². The molecule has 2 aromatic heterocycles. The van der Waals surface area contributed by atoms with Gasteiger partial charge in [-0.15, -0.1) is 0 Å². The van der Waals surface area contributed by atoms with E-state index in [4.69, 9.17) is 4.74 Å². The summed E-state index contributed by atoms with van der Waals surface area (Å²) in [6.45, 7) is 3.65. The second-order valence-corrected chi connectivity index (χ2v) is 4.04. The van der Waals surface area contributed by atoms with Gasteiger partial charge in [0.25, 0.3) is 0 Å². The molecule has 0 radical (unpaired) electrons. The van der Waals surface area contributed by atoms with E-state index in [0.717, 1.165) is 18.7 Å². The molecule has 80 valence electrons. The fourth-order valence-corrected chi connectivity index (χ4v) is 2.02. The van der Waals surface area contributed by atoms with E-state index in [1.165, 1.54) is 5.56 Å². The predicted octanol–water partition coefficient (Wildman–Crippen LogP) is 2.59.